The highest BCUT2D eigenvalue weighted by Crippen LogP contribution is 2.47. The fraction of sp³-hybridized carbons (Fsp3) is 0.941. The molecule has 4 rings (SSSR count). The summed E-state index contributed by atoms with van der Waals surface area (Å²) < 4.78 is 0. The highest BCUT2D eigenvalue weighted by Gasteiger charge is 2.61. The van der Waals surface area contributed by atoms with Gasteiger partial charge in [-0.3, -0.25) is 10.1 Å². The maximum Gasteiger partial charge on any atom is 0.244 e. The molecule has 3 unspecified atom stereocenters. The van der Waals surface area contributed by atoms with E-state index in [0.717, 1.165) is 12.8 Å². The van der Waals surface area contributed by atoms with E-state index in [9.17, 15) is 4.79 Å². The van der Waals surface area contributed by atoms with Crippen LogP contribution in [0, 0.1) is 11.8 Å². The first kappa shape index (κ1) is 13.1. The second kappa shape index (κ2) is 4.72. The van der Waals surface area contributed by atoms with Gasteiger partial charge >= 0.3 is 0 Å². The fourth-order valence-corrected chi connectivity index (χ4v) is 4.96. The SMILES string of the molecule is CC1CCCCC1N1C(=O)C2(CC2)NC1C1CCCC1. The number of hydrogen-bond donors (Lipinski definition) is 1. The third-order valence-corrected chi connectivity index (χ3v) is 6.39. The Hall–Kier alpha value is -0.570. The molecule has 20 heavy (non-hydrogen) atoms. The molecule has 3 nitrogen and oxygen atoms in total. The van der Waals surface area contributed by atoms with Crippen LogP contribution in [0.25, 0.3) is 0 Å². The van der Waals surface area contributed by atoms with Crippen LogP contribution in [0.2, 0.25) is 0 Å². The van der Waals surface area contributed by atoms with E-state index < -0.39 is 0 Å². The zero-order valence-corrected chi connectivity index (χ0v) is 12.7. The van der Waals surface area contributed by atoms with Gasteiger partial charge in [0.2, 0.25) is 5.91 Å². The van der Waals surface area contributed by atoms with E-state index in [1.165, 1.54) is 51.4 Å². The lowest BCUT2D eigenvalue weighted by Crippen LogP contribution is -2.51. The average molecular weight is 276 g/mol. The summed E-state index contributed by atoms with van der Waals surface area (Å²) >= 11 is 0. The first-order valence-corrected chi connectivity index (χ1v) is 8.82. The molecule has 112 valence electrons. The van der Waals surface area contributed by atoms with Crippen LogP contribution in [-0.4, -0.2) is 28.6 Å². The topological polar surface area (TPSA) is 32.3 Å². The molecule has 3 aliphatic carbocycles. The maximum absolute atomic E-state index is 13.0. The zero-order valence-electron chi connectivity index (χ0n) is 12.7. The molecule has 3 atom stereocenters. The Balaban J connectivity index is 1.60. The van der Waals surface area contributed by atoms with Gasteiger partial charge in [0.1, 0.15) is 0 Å². The Morgan fingerprint density at radius 3 is 2.35 bits per heavy atom. The number of carbonyl (C=O) groups is 1. The molecule has 0 aromatic rings. The summed E-state index contributed by atoms with van der Waals surface area (Å²) in [5.41, 5.74) is -0.121. The predicted molar refractivity (Wildman–Crippen MR) is 79.1 cm³/mol. The number of hydrogen-bond acceptors (Lipinski definition) is 2. The molecule has 0 aromatic carbocycles. The molecule has 0 radical (unpaired) electrons. The van der Waals surface area contributed by atoms with Gasteiger partial charge in [0.15, 0.2) is 0 Å². The van der Waals surface area contributed by atoms with Crippen LogP contribution in [-0.2, 0) is 4.79 Å². The van der Waals surface area contributed by atoms with E-state index in [1.807, 2.05) is 0 Å². The lowest BCUT2D eigenvalue weighted by atomic mass is 9.84. The zero-order chi connectivity index (χ0) is 13.7. The Morgan fingerprint density at radius 1 is 1.05 bits per heavy atom. The smallest absolute Gasteiger partial charge is 0.244 e. The van der Waals surface area contributed by atoms with E-state index >= 15 is 0 Å². The normalized spacial score (nSPS) is 40.8. The minimum atomic E-state index is -0.121. The standard InChI is InChI=1S/C17H28N2O/c1-12-6-2-5-9-14(12)19-15(13-7-3-4-8-13)18-17(10-11-17)16(19)20/h12-15,18H,2-11H2,1H3. The largest absolute Gasteiger partial charge is 0.322 e. The Morgan fingerprint density at radius 2 is 1.70 bits per heavy atom. The molecule has 1 amide bonds. The van der Waals surface area contributed by atoms with Crippen LogP contribution in [0.4, 0.5) is 0 Å². The number of carbonyl (C=O) groups excluding carboxylic acids is 1. The van der Waals surface area contributed by atoms with Crippen molar-refractivity contribution in [3.63, 3.8) is 0 Å². The highest BCUT2D eigenvalue weighted by atomic mass is 16.2. The van der Waals surface area contributed by atoms with Crippen molar-refractivity contribution in [2.24, 2.45) is 11.8 Å². The molecule has 0 aromatic heterocycles. The molecule has 3 saturated carbocycles. The molecule has 3 heteroatoms. The highest BCUT2D eigenvalue weighted by molar-refractivity contribution is 5.92. The second-order valence-electron chi connectivity index (χ2n) is 7.76. The molecular weight excluding hydrogens is 248 g/mol. The lowest BCUT2D eigenvalue weighted by molar-refractivity contribution is -0.135. The molecule has 4 fully saturated rings. The molecule has 0 bridgehead atoms. The summed E-state index contributed by atoms with van der Waals surface area (Å²) in [4.78, 5) is 15.3. The number of rotatable bonds is 2. The van der Waals surface area contributed by atoms with E-state index in [2.05, 4.69) is 17.1 Å². The van der Waals surface area contributed by atoms with E-state index in [1.54, 1.807) is 0 Å². The monoisotopic (exact) mass is 276 g/mol. The maximum atomic E-state index is 13.0. The van der Waals surface area contributed by atoms with Crippen LogP contribution >= 0.6 is 0 Å². The summed E-state index contributed by atoms with van der Waals surface area (Å²) in [6.07, 6.45) is 13.1. The fourth-order valence-electron chi connectivity index (χ4n) is 4.96. The number of amides is 1. The molecule has 1 heterocycles. The van der Waals surface area contributed by atoms with Gasteiger partial charge in [-0.15, -0.1) is 0 Å². The number of nitrogens with one attached hydrogen (secondary N) is 1. The van der Waals surface area contributed by atoms with Gasteiger partial charge < -0.3 is 4.90 Å². The van der Waals surface area contributed by atoms with Crippen molar-refractivity contribution in [1.29, 1.82) is 0 Å². The predicted octanol–water partition coefficient (Wildman–Crippen LogP) is 3.05. The molecular formula is C17H28N2O. The molecule has 1 N–H and O–H groups in total. The van der Waals surface area contributed by atoms with Crippen molar-refractivity contribution in [1.82, 2.24) is 10.2 Å². The first-order valence-electron chi connectivity index (χ1n) is 8.82. The third-order valence-electron chi connectivity index (χ3n) is 6.39. The Kier molecular flexibility index (Phi) is 3.10. The van der Waals surface area contributed by atoms with Crippen LogP contribution in [0.5, 0.6) is 0 Å². The van der Waals surface area contributed by atoms with E-state index in [-0.39, 0.29) is 5.54 Å². The molecule has 4 aliphatic rings. The molecule has 1 saturated heterocycles. The molecule has 1 aliphatic heterocycles. The molecule has 1 spiro atoms. The first-order chi connectivity index (χ1) is 9.71. The van der Waals surface area contributed by atoms with Crippen molar-refractivity contribution in [3.8, 4) is 0 Å². The van der Waals surface area contributed by atoms with Crippen molar-refractivity contribution >= 4 is 5.91 Å². The van der Waals surface area contributed by atoms with Crippen LogP contribution in [0.1, 0.15) is 71.1 Å². The van der Waals surface area contributed by atoms with E-state index in [0.29, 0.717) is 30.0 Å². The quantitative estimate of drug-likeness (QED) is 0.841. The van der Waals surface area contributed by atoms with Crippen LogP contribution in [0.3, 0.4) is 0 Å². The van der Waals surface area contributed by atoms with Crippen LogP contribution < -0.4 is 5.32 Å². The minimum Gasteiger partial charge on any atom is -0.322 e. The second-order valence-corrected chi connectivity index (χ2v) is 7.76. The van der Waals surface area contributed by atoms with Crippen molar-refractivity contribution in [2.45, 2.75) is 88.9 Å². The Labute approximate surface area is 122 Å². The summed E-state index contributed by atoms with van der Waals surface area (Å²) in [5, 5.41) is 3.78. The minimum absolute atomic E-state index is 0.121. The summed E-state index contributed by atoms with van der Waals surface area (Å²) in [7, 11) is 0. The van der Waals surface area contributed by atoms with Gasteiger partial charge in [-0.1, -0.05) is 32.6 Å². The van der Waals surface area contributed by atoms with Crippen molar-refractivity contribution in [3.05, 3.63) is 0 Å². The summed E-state index contributed by atoms with van der Waals surface area (Å²) in [6.45, 7) is 2.36. The van der Waals surface area contributed by atoms with Crippen molar-refractivity contribution < 1.29 is 4.79 Å². The van der Waals surface area contributed by atoms with Gasteiger partial charge in [-0.2, -0.15) is 0 Å². The van der Waals surface area contributed by atoms with Crippen LogP contribution in [0.15, 0.2) is 0 Å². The summed E-state index contributed by atoms with van der Waals surface area (Å²) in [6, 6.07) is 0.509. The lowest BCUT2D eigenvalue weighted by Gasteiger charge is -2.41. The van der Waals surface area contributed by atoms with Gasteiger partial charge in [-0.05, 0) is 50.4 Å². The van der Waals surface area contributed by atoms with Crippen molar-refractivity contribution in [2.75, 3.05) is 0 Å². The third kappa shape index (κ3) is 1.93. The van der Waals surface area contributed by atoms with Gasteiger partial charge in [0.25, 0.3) is 0 Å². The van der Waals surface area contributed by atoms with Gasteiger partial charge in [0.05, 0.1) is 11.7 Å². The Bertz CT molecular complexity index is 398. The van der Waals surface area contributed by atoms with Gasteiger partial charge in [0, 0.05) is 6.04 Å². The average Bonchev–Trinajstić information content (AvgIpc) is 2.93. The van der Waals surface area contributed by atoms with E-state index in [4.69, 9.17) is 0 Å². The van der Waals surface area contributed by atoms with Gasteiger partial charge in [-0.25, -0.2) is 0 Å². The summed E-state index contributed by atoms with van der Waals surface area (Å²) in [5.74, 6) is 1.86. The number of nitrogens with zero attached hydrogens (tertiary/aromatic N) is 1.